The second-order valence-corrected chi connectivity index (χ2v) is 11.8. The lowest BCUT2D eigenvalue weighted by Crippen LogP contribution is -2.37. The van der Waals surface area contributed by atoms with E-state index in [2.05, 4.69) is 10.2 Å². The Balaban J connectivity index is 1.64. The summed E-state index contributed by atoms with van der Waals surface area (Å²) in [6.45, 7) is 0.217. The molecule has 1 amide bonds. The van der Waals surface area contributed by atoms with Crippen molar-refractivity contribution < 1.29 is 40.6 Å². The first-order chi connectivity index (χ1) is 20.9. The van der Waals surface area contributed by atoms with E-state index in [1.807, 2.05) is 43.3 Å². The Bertz CT molecular complexity index is 1260. The minimum atomic E-state index is -4.75. The summed E-state index contributed by atoms with van der Waals surface area (Å²) < 4.78 is 89.3. The second kappa shape index (κ2) is 15.2. The number of hydrogen-bond donors (Lipinski definition) is 1. The number of carbonyl (C=O) groups is 1. The molecule has 0 radical (unpaired) electrons. The summed E-state index contributed by atoms with van der Waals surface area (Å²) in [5, 5.41) is 2.82. The highest BCUT2D eigenvalue weighted by molar-refractivity contribution is 5.97. The van der Waals surface area contributed by atoms with Gasteiger partial charge in [0.05, 0.1) is 0 Å². The van der Waals surface area contributed by atoms with Crippen molar-refractivity contribution in [1.82, 2.24) is 10.2 Å². The largest absolute Gasteiger partial charge is 0.480 e. The molecule has 2 aliphatic rings. The fraction of sp³-hybridized carbons (Fsp3) is 0.545. The van der Waals surface area contributed by atoms with E-state index < -0.39 is 43.0 Å². The predicted octanol–water partition coefficient (Wildman–Crippen LogP) is 7.99. The molecule has 2 aromatic carbocycles. The molecule has 242 valence electrons. The fourth-order valence-electron chi connectivity index (χ4n) is 6.11. The van der Waals surface area contributed by atoms with Crippen molar-refractivity contribution in [3.63, 3.8) is 0 Å². The van der Waals surface area contributed by atoms with E-state index in [1.54, 1.807) is 0 Å². The average molecular weight is 627 g/mol. The molecule has 1 heterocycles. The van der Waals surface area contributed by atoms with Crippen LogP contribution in [0.15, 0.2) is 48.0 Å². The van der Waals surface area contributed by atoms with Crippen molar-refractivity contribution in [2.75, 3.05) is 32.8 Å². The van der Waals surface area contributed by atoms with E-state index >= 15 is 0 Å². The maximum absolute atomic E-state index is 13.5. The number of ether oxygens (including phenoxy) is 2. The summed E-state index contributed by atoms with van der Waals surface area (Å²) >= 11 is 0. The standard InChI is InChI=1S/C33H40F6N2O3/c1-23(17-24-9-4-2-5-10-24)19-40-31(42)27-14-15-29(43-21-32(34,35)36)30(44-22-33(37,38)39)28(27)18-26-13-8-16-41(26)20-25-11-6-3-7-12-25/h2,4-5,9-10,14-15,17,25-26H,3,6-8,11-13,16,18-22H2,1H3,(H,40,42)/t26-/m0/s1. The van der Waals surface area contributed by atoms with E-state index in [-0.39, 0.29) is 30.1 Å². The molecule has 2 aromatic rings. The first-order valence-corrected chi connectivity index (χ1v) is 15.2. The van der Waals surface area contributed by atoms with Crippen LogP contribution in [0.3, 0.4) is 0 Å². The molecule has 0 bridgehead atoms. The van der Waals surface area contributed by atoms with Crippen LogP contribution in [0.25, 0.3) is 6.08 Å². The van der Waals surface area contributed by atoms with Crippen molar-refractivity contribution >= 4 is 12.0 Å². The molecule has 2 fully saturated rings. The zero-order chi connectivity index (χ0) is 31.7. The molecule has 44 heavy (non-hydrogen) atoms. The molecule has 1 aliphatic carbocycles. The number of rotatable bonds is 12. The van der Waals surface area contributed by atoms with Crippen LogP contribution in [0.1, 0.15) is 73.4 Å². The highest BCUT2D eigenvalue weighted by Crippen LogP contribution is 2.39. The van der Waals surface area contributed by atoms with Gasteiger partial charge in [0.25, 0.3) is 5.91 Å². The van der Waals surface area contributed by atoms with Crippen LogP contribution in [0.4, 0.5) is 26.3 Å². The second-order valence-electron chi connectivity index (χ2n) is 11.8. The summed E-state index contributed by atoms with van der Waals surface area (Å²) in [7, 11) is 0. The topological polar surface area (TPSA) is 50.8 Å². The van der Waals surface area contributed by atoms with Gasteiger partial charge in [-0.2, -0.15) is 26.3 Å². The Morgan fingerprint density at radius 3 is 2.27 bits per heavy atom. The van der Waals surface area contributed by atoms with Crippen LogP contribution in [0.5, 0.6) is 11.5 Å². The molecule has 0 unspecified atom stereocenters. The normalized spacial score (nSPS) is 18.8. The fourth-order valence-corrected chi connectivity index (χ4v) is 6.11. The van der Waals surface area contributed by atoms with Crippen molar-refractivity contribution in [3.8, 4) is 11.5 Å². The quantitative estimate of drug-likeness (QED) is 0.243. The van der Waals surface area contributed by atoms with E-state index in [9.17, 15) is 31.1 Å². The summed E-state index contributed by atoms with van der Waals surface area (Å²) in [4.78, 5) is 15.8. The number of amides is 1. The number of hydrogen-bond acceptors (Lipinski definition) is 4. The minimum Gasteiger partial charge on any atom is -0.480 e. The smallest absolute Gasteiger partial charge is 0.422 e. The third kappa shape index (κ3) is 10.5. The van der Waals surface area contributed by atoms with Crippen LogP contribution in [-0.2, 0) is 6.42 Å². The minimum absolute atomic E-state index is 0.0542. The monoisotopic (exact) mass is 626 g/mol. The van der Waals surface area contributed by atoms with Crippen LogP contribution >= 0.6 is 0 Å². The Morgan fingerprint density at radius 1 is 0.909 bits per heavy atom. The molecule has 5 nitrogen and oxygen atoms in total. The molecule has 0 aromatic heterocycles. The van der Waals surface area contributed by atoms with Gasteiger partial charge in [-0.1, -0.05) is 61.2 Å². The van der Waals surface area contributed by atoms with Gasteiger partial charge in [-0.15, -0.1) is 0 Å². The molecule has 1 aliphatic heterocycles. The summed E-state index contributed by atoms with van der Waals surface area (Å²) in [6.07, 6.45) is -0.0217. The number of nitrogens with zero attached hydrogens (tertiary/aromatic N) is 1. The highest BCUT2D eigenvalue weighted by atomic mass is 19.4. The molecule has 1 saturated carbocycles. The third-order valence-electron chi connectivity index (χ3n) is 8.14. The molecule has 11 heteroatoms. The van der Waals surface area contributed by atoms with Crippen LogP contribution in [0, 0.1) is 5.92 Å². The first kappa shape index (κ1) is 33.7. The van der Waals surface area contributed by atoms with Gasteiger partial charge >= 0.3 is 12.4 Å². The third-order valence-corrected chi connectivity index (χ3v) is 8.14. The molecule has 1 saturated heterocycles. The van der Waals surface area contributed by atoms with Gasteiger partial charge in [0.1, 0.15) is 0 Å². The molecular weight excluding hydrogens is 586 g/mol. The molecular formula is C33H40F6N2O3. The number of carbonyl (C=O) groups excluding carboxylic acids is 1. The number of nitrogens with one attached hydrogen (secondary N) is 1. The number of benzene rings is 2. The summed E-state index contributed by atoms with van der Waals surface area (Å²) in [5.74, 6) is -0.985. The zero-order valence-electron chi connectivity index (χ0n) is 24.9. The number of alkyl halides is 6. The van der Waals surface area contributed by atoms with Gasteiger partial charge < -0.3 is 14.8 Å². The van der Waals surface area contributed by atoms with Gasteiger partial charge in [-0.25, -0.2) is 0 Å². The molecule has 1 atom stereocenters. The van der Waals surface area contributed by atoms with Crippen LogP contribution in [-0.4, -0.2) is 62.0 Å². The Kier molecular flexibility index (Phi) is 11.6. The van der Waals surface area contributed by atoms with Gasteiger partial charge in [-0.05, 0) is 69.2 Å². The van der Waals surface area contributed by atoms with Crippen LogP contribution in [0.2, 0.25) is 0 Å². The maximum Gasteiger partial charge on any atom is 0.422 e. The lowest BCUT2D eigenvalue weighted by Gasteiger charge is -2.32. The summed E-state index contributed by atoms with van der Waals surface area (Å²) in [5.41, 5.74) is 1.95. The molecule has 0 spiro atoms. The first-order valence-electron chi connectivity index (χ1n) is 15.2. The van der Waals surface area contributed by atoms with E-state index in [0.29, 0.717) is 5.92 Å². The van der Waals surface area contributed by atoms with Crippen molar-refractivity contribution in [1.29, 1.82) is 0 Å². The van der Waals surface area contributed by atoms with Gasteiger partial charge in [-0.3, -0.25) is 9.69 Å². The van der Waals surface area contributed by atoms with Crippen LogP contribution < -0.4 is 14.8 Å². The van der Waals surface area contributed by atoms with Crippen molar-refractivity contribution in [2.24, 2.45) is 5.92 Å². The Hall–Kier alpha value is -3.21. The maximum atomic E-state index is 13.5. The summed E-state index contributed by atoms with van der Waals surface area (Å²) in [6, 6.07) is 11.8. The molecule has 4 rings (SSSR count). The highest BCUT2D eigenvalue weighted by Gasteiger charge is 2.35. The van der Waals surface area contributed by atoms with E-state index in [0.717, 1.165) is 56.0 Å². The number of likely N-dealkylation sites (tertiary alicyclic amines) is 1. The predicted molar refractivity (Wildman–Crippen MR) is 157 cm³/mol. The van der Waals surface area contributed by atoms with Gasteiger partial charge in [0.15, 0.2) is 24.7 Å². The Labute approximate surface area is 254 Å². The zero-order valence-corrected chi connectivity index (χ0v) is 24.9. The SMILES string of the molecule is CC(=Cc1ccccc1)CNC(=O)c1ccc(OCC(F)(F)F)c(OCC(F)(F)F)c1C[C@@H]1CCCN1CC1CCCCC1. The number of halogens is 6. The van der Waals surface area contributed by atoms with Gasteiger partial charge in [0, 0.05) is 30.3 Å². The average Bonchev–Trinajstić information content (AvgIpc) is 3.40. The van der Waals surface area contributed by atoms with Crippen molar-refractivity contribution in [3.05, 3.63) is 64.7 Å². The van der Waals surface area contributed by atoms with Gasteiger partial charge in [0.2, 0.25) is 0 Å². The van der Waals surface area contributed by atoms with Crippen molar-refractivity contribution in [2.45, 2.75) is 76.7 Å². The lowest BCUT2D eigenvalue weighted by molar-refractivity contribution is -0.158. The Morgan fingerprint density at radius 2 is 1.59 bits per heavy atom. The van der Waals surface area contributed by atoms with E-state index in [4.69, 9.17) is 9.47 Å². The van der Waals surface area contributed by atoms with E-state index in [1.165, 1.54) is 25.3 Å². The molecule has 1 N–H and O–H groups in total. The lowest BCUT2D eigenvalue weighted by atomic mass is 9.88.